The summed E-state index contributed by atoms with van der Waals surface area (Å²) in [6, 6.07) is -4.22. The predicted molar refractivity (Wildman–Crippen MR) is 98.7 cm³/mol. The van der Waals surface area contributed by atoms with E-state index in [1.54, 1.807) is 0 Å². The van der Waals surface area contributed by atoms with Crippen molar-refractivity contribution in [1.29, 1.82) is 0 Å². The number of H-pyrrole nitrogens is 1. The van der Waals surface area contributed by atoms with Crippen LogP contribution in [0.5, 0.6) is 0 Å². The highest BCUT2D eigenvalue weighted by Crippen LogP contribution is 2.01. The number of rotatable bonds is 12. The maximum Gasteiger partial charge on any atom is 0.328 e. The Bertz CT molecular complexity index is 766. The van der Waals surface area contributed by atoms with E-state index < -0.39 is 66.9 Å². The molecule has 166 valence electrons. The Kier molecular flexibility index (Phi) is 9.38. The quantitative estimate of drug-likeness (QED) is 0.162. The maximum atomic E-state index is 12.5. The maximum absolute atomic E-state index is 12.5. The Morgan fingerprint density at radius 3 is 2.33 bits per heavy atom. The summed E-state index contributed by atoms with van der Waals surface area (Å²) in [6.45, 7) is 0.578. The summed E-state index contributed by atoms with van der Waals surface area (Å²) in [5, 5.41) is 33.8. The molecule has 0 spiro atoms. The molecule has 0 aromatic carbocycles. The van der Waals surface area contributed by atoms with Crippen LogP contribution in [0, 0.1) is 0 Å². The molecule has 14 nitrogen and oxygen atoms in total. The molecule has 0 radical (unpaired) electrons. The van der Waals surface area contributed by atoms with E-state index in [4.69, 9.17) is 15.9 Å². The molecule has 0 saturated carbocycles. The third kappa shape index (κ3) is 8.24. The monoisotopic (exact) mass is 428 g/mol. The Hall–Kier alpha value is -3.52. The number of nitrogens with zero attached hydrogens (tertiary/aromatic N) is 1. The van der Waals surface area contributed by atoms with Crippen molar-refractivity contribution in [1.82, 2.24) is 25.9 Å². The van der Waals surface area contributed by atoms with Gasteiger partial charge in [-0.25, -0.2) is 9.78 Å². The molecule has 0 aliphatic carbocycles. The van der Waals surface area contributed by atoms with Gasteiger partial charge in [0.05, 0.1) is 31.4 Å². The highest BCUT2D eigenvalue weighted by Gasteiger charge is 2.30. The van der Waals surface area contributed by atoms with Crippen LogP contribution in [-0.4, -0.2) is 85.7 Å². The normalized spacial score (nSPS) is 14.6. The van der Waals surface area contributed by atoms with E-state index in [1.165, 1.54) is 19.4 Å². The summed E-state index contributed by atoms with van der Waals surface area (Å²) in [5.74, 6) is -5.33. The van der Waals surface area contributed by atoms with Gasteiger partial charge in [-0.15, -0.1) is 0 Å². The second kappa shape index (κ2) is 11.5. The summed E-state index contributed by atoms with van der Waals surface area (Å²) in [4.78, 5) is 64.6. The van der Waals surface area contributed by atoms with Crippen LogP contribution in [0.4, 0.5) is 0 Å². The highest BCUT2D eigenvalue weighted by molar-refractivity contribution is 5.93. The summed E-state index contributed by atoms with van der Waals surface area (Å²) >= 11 is 0. The fraction of sp³-hybridized carbons (Fsp3) is 0.500. The summed E-state index contributed by atoms with van der Waals surface area (Å²) in [6.07, 6.45) is 0.615. The van der Waals surface area contributed by atoms with Gasteiger partial charge in [0, 0.05) is 18.3 Å². The minimum atomic E-state index is -1.60. The van der Waals surface area contributed by atoms with Crippen molar-refractivity contribution in [3.63, 3.8) is 0 Å². The molecule has 0 fully saturated rings. The van der Waals surface area contributed by atoms with Crippen molar-refractivity contribution in [3.8, 4) is 0 Å². The number of hydrogen-bond donors (Lipinski definition) is 8. The standard InChI is InChI=1S/C16H24N6O8/c1-7(23)13(16(29)30)22-15(28)10(2-8-4-18-6-20-8)21-11(24)5-19-14(27)9(17)3-12(25)26/h4,6-7,9-10,13,23H,2-3,5,17H2,1H3,(H,18,20)(H,19,27)(H,21,24)(H,22,28)(H,25,26)(H,29,30). The second-order valence-electron chi connectivity index (χ2n) is 6.39. The summed E-state index contributed by atoms with van der Waals surface area (Å²) in [7, 11) is 0. The number of aliphatic hydroxyl groups is 1. The first-order valence-corrected chi connectivity index (χ1v) is 8.74. The lowest BCUT2D eigenvalue weighted by Gasteiger charge is -2.22. The van der Waals surface area contributed by atoms with Gasteiger partial charge in [-0.3, -0.25) is 19.2 Å². The van der Waals surface area contributed by atoms with Crippen LogP contribution in [-0.2, 0) is 30.4 Å². The molecule has 4 atom stereocenters. The van der Waals surface area contributed by atoms with Crippen LogP contribution >= 0.6 is 0 Å². The van der Waals surface area contributed by atoms with Crippen LogP contribution in [0.2, 0.25) is 0 Å². The van der Waals surface area contributed by atoms with Gasteiger partial charge < -0.3 is 42.0 Å². The van der Waals surface area contributed by atoms with E-state index in [0.717, 1.165) is 0 Å². The first-order valence-electron chi connectivity index (χ1n) is 8.74. The van der Waals surface area contributed by atoms with Gasteiger partial charge in [0.2, 0.25) is 17.7 Å². The summed E-state index contributed by atoms with van der Waals surface area (Å²) in [5.41, 5.74) is 5.83. The van der Waals surface area contributed by atoms with Gasteiger partial charge in [0.25, 0.3) is 0 Å². The number of carbonyl (C=O) groups is 5. The minimum absolute atomic E-state index is 0.0871. The molecule has 9 N–H and O–H groups in total. The lowest BCUT2D eigenvalue weighted by atomic mass is 10.1. The van der Waals surface area contributed by atoms with Crippen LogP contribution < -0.4 is 21.7 Å². The largest absolute Gasteiger partial charge is 0.481 e. The third-order valence-electron chi connectivity index (χ3n) is 3.83. The second-order valence-corrected chi connectivity index (χ2v) is 6.39. The van der Waals surface area contributed by atoms with E-state index in [2.05, 4.69) is 25.9 Å². The van der Waals surface area contributed by atoms with Crippen molar-refractivity contribution in [2.75, 3.05) is 6.54 Å². The number of nitrogens with two attached hydrogens (primary N) is 1. The number of aliphatic hydroxyl groups excluding tert-OH is 1. The Morgan fingerprint density at radius 1 is 1.17 bits per heavy atom. The lowest BCUT2D eigenvalue weighted by molar-refractivity contribution is -0.145. The zero-order valence-corrected chi connectivity index (χ0v) is 16.0. The minimum Gasteiger partial charge on any atom is -0.481 e. The molecular weight excluding hydrogens is 404 g/mol. The van der Waals surface area contributed by atoms with Gasteiger partial charge >= 0.3 is 11.9 Å². The smallest absolute Gasteiger partial charge is 0.328 e. The summed E-state index contributed by atoms with van der Waals surface area (Å²) < 4.78 is 0. The number of hydrogen-bond acceptors (Lipinski definition) is 8. The number of aromatic amines is 1. The van der Waals surface area contributed by atoms with E-state index in [-0.39, 0.29) is 6.42 Å². The zero-order valence-electron chi connectivity index (χ0n) is 16.0. The lowest BCUT2D eigenvalue weighted by Crippen LogP contribution is -2.56. The van der Waals surface area contributed by atoms with E-state index in [0.29, 0.717) is 5.69 Å². The molecule has 1 aromatic rings. The van der Waals surface area contributed by atoms with E-state index in [1.807, 2.05) is 0 Å². The molecule has 0 aliphatic heterocycles. The van der Waals surface area contributed by atoms with Gasteiger partial charge in [-0.1, -0.05) is 0 Å². The number of nitrogens with one attached hydrogen (secondary N) is 4. The van der Waals surface area contributed by atoms with Crippen LogP contribution in [0.1, 0.15) is 19.0 Å². The number of carboxylic acid groups (broad SMARTS) is 2. The van der Waals surface area contributed by atoms with Crippen molar-refractivity contribution >= 4 is 29.7 Å². The Balaban J connectivity index is 2.77. The number of imidazole rings is 1. The molecular formula is C16H24N6O8. The van der Waals surface area contributed by atoms with Crippen molar-refractivity contribution in [2.24, 2.45) is 5.73 Å². The van der Waals surface area contributed by atoms with Crippen LogP contribution in [0.15, 0.2) is 12.5 Å². The number of amides is 3. The molecule has 30 heavy (non-hydrogen) atoms. The van der Waals surface area contributed by atoms with Crippen LogP contribution in [0.25, 0.3) is 0 Å². The van der Waals surface area contributed by atoms with Crippen molar-refractivity contribution < 1.29 is 39.3 Å². The average Bonchev–Trinajstić information content (AvgIpc) is 3.15. The molecule has 14 heteroatoms. The zero-order chi connectivity index (χ0) is 22.8. The predicted octanol–water partition coefficient (Wildman–Crippen LogP) is -3.69. The number of carbonyl (C=O) groups excluding carboxylic acids is 3. The average molecular weight is 428 g/mol. The SMILES string of the molecule is CC(O)C(NC(=O)C(Cc1cnc[nH]1)NC(=O)CNC(=O)C(N)CC(=O)O)C(=O)O. The van der Waals surface area contributed by atoms with Crippen molar-refractivity contribution in [2.45, 2.75) is 44.0 Å². The van der Waals surface area contributed by atoms with Crippen molar-refractivity contribution in [3.05, 3.63) is 18.2 Å². The fourth-order valence-corrected chi connectivity index (χ4v) is 2.29. The molecule has 1 heterocycles. The number of aromatic nitrogens is 2. The van der Waals surface area contributed by atoms with Crippen LogP contribution in [0.3, 0.4) is 0 Å². The number of carboxylic acids is 2. The molecule has 0 bridgehead atoms. The van der Waals surface area contributed by atoms with Gasteiger partial charge in [-0.2, -0.15) is 0 Å². The van der Waals surface area contributed by atoms with E-state index >= 15 is 0 Å². The number of aliphatic carboxylic acids is 2. The topological polar surface area (TPSA) is 237 Å². The van der Waals surface area contributed by atoms with E-state index in [9.17, 15) is 29.1 Å². The Labute approximate surface area is 170 Å². The first-order chi connectivity index (χ1) is 14.0. The Morgan fingerprint density at radius 2 is 1.83 bits per heavy atom. The third-order valence-corrected chi connectivity index (χ3v) is 3.83. The highest BCUT2D eigenvalue weighted by atomic mass is 16.4. The fourth-order valence-electron chi connectivity index (χ4n) is 2.29. The molecule has 1 aromatic heterocycles. The molecule has 0 saturated heterocycles. The molecule has 3 amide bonds. The first kappa shape index (κ1) is 24.5. The van der Waals surface area contributed by atoms with Gasteiger partial charge in [0.15, 0.2) is 6.04 Å². The van der Waals surface area contributed by atoms with Gasteiger partial charge in [0.1, 0.15) is 6.04 Å². The molecule has 1 rings (SSSR count). The molecule has 0 aliphatic rings. The van der Waals surface area contributed by atoms with Gasteiger partial charge in [-0.05, 0) is 6.92 Å². The molecule has 4 unspecified atom stereocenters.